The molecule has 1 aromatic heterocycles. The van der Waals surface area contributed by atoms with Crippen molar-refractivity contribution in [2.24, 2.45) is 0 Å². The predicted molar refractivity (Wildman–Crippen MR) is 82.1 cm³/mol. The minimum Gasteiger partial charge on any atom is -0.399 e. The third kappa shape index (κ3) is 3.33. The van der Waals surface area contributed by atoms with Gasteiger partial charge in [-0.1, -0.05) is 0 Å². The molecule has 138 valence electrons. The Hall–Kier alpha value is -1.42. The summed E-state index contributed by atoms with van der Waals surface area (Å²) in [5, 5.41) is 0. The normalized spacial score (nSPS) is 24.4. The van der Waals surface area contributed by atoms with E-state index in [4.69, 9.17) is 9.31 Å². The molecule has 0 bridgehead atoms. The second kappa shape index (κ2) is 5.29. The molecule has 2 fully saturated rings. The SMILES string of the molecule is CC1(C)OB(c2cc(N3CC(F)(F)C3)nc(C(F)(F)F)c2)OC1(C)C. The Morgan fingerprint density at radius 1 is 1.04 bits per heavy atom. The summed E-state index contributed by atoms with van der Waals surface area (Å²) in [6.45, 7) is 5.77. The Labute approximate surface area is 142 Å². The van der Waals surface area contributed by atoms with Crippen molar-refractivity contribution in [2.45, 2.75) is 51.0 Å². The van der Waals surface area contributed by atoms with Crippen LogP contribution in [-0.4, -0.2) is 42.3 Å². The summed E-state index contributed by atoms with van der Waals surface area (Å²) in [5.74, 6) is -3.08. The van der Waals surface area contributed by atoms with Gasteiger partial charge in [0.15, 0.2) is 0 Å². The van der Waals surface area contributed by atoms with Gasteiger partial charge in [-0.25, -0.2) is 13.8 Å². The summed E-state index contributed by atoms with van der Waals surface area (Å²) in [7, 11) is -1.03. The Balaban J connectivity index is 1.97. The molecule has 0 saturated carbocycles. The van der Waals surface area contributed by atoms with E-state index in [0.29, 0.717) is 0 Å². The first-order valence-corrected chi connectivity index (χ1v) is 7.78. The number of halogens is 5. The number of hydrogen-bond acceptors (Lipinski definition) is 4. The number of aromatic nitrogens is 1. The fourth-order valence-electron chi connectivity index (χ4n) is 2.63. The highest BCUT2D eigenvalue weighted by Gasteiger charge is 2.53. The van der Waals surface area contributed by atoms with Crippen molar-refractivity contribution in [3.05, 3.63) is 17.8 Å². The van der Waals surface area contributed by atoms with Crippen molar-refractivity contribution in [2.75, 3.05) is 18.0 Å². The average Bonchev–Trinajstić information content (AvgIpc) is 2.63. The zero-order valence-electron chi connectivity index (χ0n) is 14.2. The molecule has 0 aliphatic carbocycles. The van der Waals surface area contributed by atoms with Gasteiger partial charge >= 0.3 is 13.3 Å². The summed E-state index contributed by atoms with van der Waals surface area (Å²) in [5.41, 5.74) is -2.52. The van der Waals surface area contributed by atoms with Gasteiger partial charge in [0.2, 0.25) is 0 Å². The third-order valence-corrected chi connectivity index (χ3v) is 4.82. The van der Waals surface area contributed by atoms with E-state index in [2.05, 4.69) is 4.98 Å². The summed E-state index contributed by atoms with van der Waals surface area (Å²) in [4.78, 5) is 4.59. The lowest BCUT2D eigenvalue weighted by molar-refractivity contribution is -0.141. The van der Waals surface area contributed by atoms with E-state index >= 15 is 0 Å². The van der Waals surface area contributed by atoms with Crippen LogP contribution in [0.4, 0.5) is 27.8 Å². The number of nitrogens with zero attached hydrogens (tertiary/aromatic N) is 2. The molecule has 0 atom stereocenters. The van der Waals surface area contributed by atoms with Crippen molar-refractivity contribution in [1.29, 1.82) is 0 Å². The van der Waals surface area contributed by atoms with E-state index in [0.717, 1.165) is 11.0 Å². The minimum absolute atomic E-state index is 0.103. The van der Waals surface area contributed by atoms with Gasteiger partial charge in [-0.05, 0) is 45.3 Å². The van der Waals surface area contributed by atoms with Crippen molar-refractivity contribution in [3.63, 3.8) is 0 Å². The maximum atomic E-state index is 13.2. The Kier molecular flexibility index (Phi) is 3.89. The molecule has 1 aromatic rings. The minimum atomic E-state index is -4.71. The third-order valence-electron chi connectivity index (χ3n) is 4.82. The molecule has 0 aromatic carbocycles. The summed E-state index contributed by atoms with van der Waals surface area (Å²) in [6.07, 6.45) is -4.71. The predicted octanol–water partition coefficient (Wildman–Crippen LogP) is 2.85. The lowest BCUT2D eigenvalue weighted by atomic mass is 9.79. The molecule has 3 heterocycles. The van der Waals surface area contributed by atoms with E-state index in [1.165, 1.54) is 6.07 Å². The van der Waals surface area contributed by atoms with Crippen LogP contribution in [0.15, 0.2) is 12.1 Å². The van der Waals surface area contributed by atoms with Gasteiger partial charge in [0.25, 0.3) is 5.92 Å². The van der Waals surface area contributed by atoms with Gasteiger partial charge in [0, 0.05) is 0 Å². The van der Waals surface area contributed by atoms with Crippen LogP contribution < -0.4 is 10.4 Å². The van der Waals surface area contributed by atoms with E-state index in [-0.39, 0.29) is 11.3 Å². The first-order valence-electron chi connectivity index (χ1n) is 7.78. The van der Waals surface area contributed by atoms with E-state index in [1.54, 1.807) is 27.7 Å². The van der Waals surface area contributed by atoms with Crippen LogP contribution in [0.2, 0.25) is 0 Å². The Morgan fingerprint density at radius 3 is 2.00 bits per heavy atom. The topological polar surface area (TPSA) is 34.6 Å². The number of hydrogen-bond donors (Lipinski definition) is 0. The average molecular weight is 364 g/mol. The highest BCUT2D eigenvalue weighted by Crippen LogP contribution is 2.38. The highest BCUT2D eigenvalue weighted by molar-refractivity contribution is 6.62. The van der Waals surface area contributed by atoms with Crippen LogP contribution in [0.1, 0.15) is 33.4 Å². The lowest BCUT2D eigenvalue weighted by Gasteiger charge is -2.39. The van der Waals surface area contributed by atoms with Crippen molar-refractivity contribution in [1.82, 2.24) is 4.98 Å². The monoisotopic (exact) mass is 364 g/mol. The molecule has 0 amide bonds. The zero-order valence-corrected chi connectivity index (χ0v) is 14.2. The van der Waals surface area contributed by atoms with Gasteiger partial charge < -0.3 is 14.2 Å². The smallest absolute Gasteiger partial charge is 0.399 e. The van der Waals surface area contributed by atoms with Crippen molar-refractivity contribution >= 4 is 18.4 Å². The summed E-state index contributed by atoms with van der Waals surface area (Å²) in [6, 6.07) is 2.15. The van der Waals surface area contributed by atoms with Crippen LogP contribution in [0, 0.1) is 0 Å². The van der Waals surface area contributed by atoms with E-state index in [1.807, 2.05) is 0 Å². The first-order chi connectivity index (χ1) is 11.2. The Bertz CT molecular complexity index is 669. The molecular weight excluding hydrogens is 346 g/mol. The molecular formula is C15H18BF5N2O2. The van der Waals surface area contributed by atoms with Crippen LogP contribution in [-0.2, 0) is 15.5 Å². The molecule has 0 unspecified atom stereocenters. The quantitative estimate of drug-likeness (QED) is 0.597. The van der Waals surface area contributed by atoms with Gasteiger partial charge in [0.1, 0.15) is 11.5 Å². The van der Waals surface area contributed by atoms with Gasteiger partial charge in [-0.2, -0.15) is 13.2 Å². The summed E-state index contributed by atoms with van der Waals surface area (Å²) >= 11 is 0. The highest BCUT2D eigenvalue weighted by atomic mass is 19.4. The molecule has 2 saturated heterocycles. The summed E-state index contributed by atoms with van der Waals surface area (Å²) < 4.78 is 77.2. The fourth-order valence-corrected chi connectivity index (χ4v) is 2.63. The second-order valence-electron chi connectivity index (χ2n) is 7.44. The Morgan fingerprint density at radius 2 is 1.56 bits per heavy atom. The number of rotatable bonds is 2. The van der Waals surface area contributed by atoms with Crippen LogP contribution in [0.25, 0.3) is 0 Å². The molecule has 2 aliphatic rings. The van der Waals surface area contributed by atoms with Gasteiger partial charge in [0.05, 0.1) is 24.3 Å². The van der Waals surface area contributed by atoms with Crippen molar-refractivity contribution < 1.29 is 31.3 Å². The van der Waals surface area contributed by atoms with Crippen LogP contribution in [0.5, 0.6) is 0 Å². The fraction of sp³-hybridized carbons (Fsp3) is 0.667. The largest absolute Gasteiger partial charge is 0.495 e. The van der Waals surface area contributed by atoms with Gasteiger partial charge in [-0.3, -0.25) is 0 Å². The lowest BCUT2D eigenvalue weighted by Crippen LogP contribution is -2.57. The molecule has 10 heteroatoms. The van der Waals surface area contributed by atoms with Gasteiger partial charge in [-0.15, -0.1) is 0 Å². The van der Waals surface area contributed by atoms with E-state index in [9.17, 15) is 22.0 Å². The molecule has 0 N–H and O–H groups in total. The van der Waals surface area contributed by atoms with Crippen LogP contribution >= 0.6 is 0 Å². The molecule has 25 heavy (non-hydrogen) atoms. The molecule has 3 rings (SSSR count). The second-order valence-corrected chi connectivity index (χ2v) is 7.44. The molecule has 0 radical (unpaired) electrons. The standard InChI is InChI=1S/C15H18BF5N2O2/c1-12(2)13(3,4)25-16(24-12)9-5-10(15(19,20)21)22-11(6-9)23-7-14(17,18)8-23/h5-6H,7-8H2,1-4H3. The molecule has 4 nitrogen and oxygen atoms in total. The molecule has 2 aliphatic heterocycles. The number of anilines is 1. The number of alkyl halides is 5. The molecule has 0 spiro atoms. The van der Waals surface area contributed by atoms with E-state index < -0.39 is 49.2 Å². The zero-order chi connectivity index (χ0) is 18.8. The van der Waals surface area contributed by atoms with Crippen molar-refractivity contribution in [3.8, 4) is 0 Å². The van der Waals surface area contributed by atoms with Crippen LogP contribution in [0.3, 0.4) is 0 Å². The first kappa shape index (κ1) is 18.4. The number of pyridine rings is 1. The maximum absolute atomic E-state index is 13.2. The maximum Gasteiger partial charge on any atom is 0.495 e.